The first-order valence-electron chi connectivity index (χ1n) is 5.60. The molecule has 1 aromatic rings. The fourth-order valence-corrected chi connectivity index (χ4v) is 4.14. The highest BCUT2D eigenvalue weighted by Gasteiger charge is 2.38. The maximum absolute atomic E-state index is 12.4. The van der Waals surface area contributed by atoms with E-state index in [4.69, 9.17) is 28.9 Å². The van der Waals surface area contributed by atoms with E-state index >= 15 is 0 Å². The Morgan fingerprint density at radius 2 is 2.00 bits per heavy atom. The van der Waals surface area contributed by atoms with Crippen LogP contribution in [-0.4, -0.2) is 31.2 Å². The lowest BCUT2D eigenvalue weighted by Gasteiger charge is -2.21. The molecule has 0 aliphatic carbocycles. The Balaban J connectivity index is 2.42. The molecule has 2 rings (SSSR count). The summed E-state index contributed by atoms with van der Waals surface area (Å²) in [6.45, 7) is 0.274. The highest BCUT2D eigenvalue weighted by Crippen LogP contribution is 2.30. The number of amides is 1. The average Bonchev–Trinajstić information content (AvgIpc) is 2.82. The molecule has 0 bridgehead atoms. The van der Waals surface area contributed by atoms with Crippen LogP contribution in [0, 0.1) is 0 Å². The zero-order valence-corrected chi connectivity index (χ0v) is 12.2. The lowest BCUT2D eigenvalue weighted by molar-refractivity contribution is -0.121. The topological polar surface area (TPSA) is 80.5 Å². The lowest BCUT2D eigenvalue weighted by Crippen LogP contribution is -2.43. The molecule has 0 radical (unpaired) electrons. The third-order valence-corrected chi connectivity index (χ3v) is 5.67. The number of hydrogen-bond acceptors (Lipinski definition) is 3. The van der Waals surface area contributed by atoms with Crippen LogP contribution < -0.4 is 5.73 Å². The second-order valence-corrected chi connectivity index (χ2v) is 6.96. The highest BCUT2D eigenvalue weighted by atomic mass is 35.5. The zero-order valence-electron chi connectivity index (χ0n) is 9.84. The number of nitrogens with zero attached hydrogens (tertiary/aromatic N) is 1. The Hall–Kier alpha value is -0.820. The number of nitrogens with two attached hydrogens (primary N) is 1. The third kappa shape index (κ3) is 2.72. The van der Waals surface area contributed by atoms with Crippen LogP contribution >= 0.6 is 23.2 Å². The van der Waals surface area contributed by atoms with Crippen LogP contribution in [0.15, 0.2) is 23.1 Å². The molecule has 19 heavy (non-hydrogen) atoms. The Morgan fingerprint density at radius 1 is 1.32 bits per heavy atom. The highest BCUT2D eigenvalue weighted by molar-refractivity contribution is 7.89. The number of hydrogen-bond donors (Lipinski definition) is 1. The molecule has 1 saturated heterocycles. The molecule has 1 amide bonds. The minimum absolute atomic E-state index is 0.00931. The largest absolute Gasteiger partial charge is 0.368 e. The first kappa shape index (κ1) is 14.6. The molecule has 0 spiro atoms. The number of sulfonamides is 1. The molecule has 1 atom stereocenters. The fraction of sp³-hybridized carbons (Fsp3) is 0.364. The molecular formula is C11H12Cl2N2O3S. The van der Waals surface area contributed by atoms with Gasteiger partial charge in [0.05, 0.1) is 14.9 Å². The van der Waals surface area contributed by atoms with Crippen molar-refractivity contribution in [3.63, 3.8) is 0 Å². The van der Waals surface area contributed by atoms with Gasteiger partial charge in [0, 0.05) is 6.54 Å². The Kier molecular flexibility index (Phi) is 4.06. The molecule has 104 valence electrons. The molecule has 1 aliphatic heterocycles. The van der Waals surface area contributed by atoms with Gasteiger partial charge in [0.2, 0.25) is 15.9 Å². The second-order valence-electron chi connectivity index (χ2n) is 4.25. The number of halogens is 2. The van der Waals surface area contributed by atoms with Crippen LogP contribution in [0.4, 0.5) is 0 Å². The molecule has 0 saturated carbocycles. The van der Waals surface area contributed by atoms with Gasteiger partial charge in [0.1, 0.15) is 6.04 Å². The van der Waals surface area contributed by atoms with Crippen LogP contribution in [-0.2, 0) is 14.8 Å². The van der Waals surface area contributed by atoms with Gasteiger partial charge in [-0.1, -0.05) is 23.2 Å². The predicted octanol–water partition coefficient (Wildman–Crippen LogP) is 1.63. The smallest absolute Gasteiger partial charge is 0.243 e. The van der Waals surface area contributed by atoms with E-state index in [2.05, 4.69) is 0 Å². The zero-order chi connectivity index (χ0) is 14.2. The molecule has 1 fully saturated rings. The Labute approximate surface area is 121 Å². The van der Waals surface area contributed by atoms with Gasteiger partial charge in [-0.2, -0.15) is 4.31 Å². The van der Waals surface area contributed by atoms with Crippen molar-refractivity contribution in [3.8, 4) is 0 Å². The normalized spacial score (nSPS) is 20.6. The molecule has 1 heterocycles. The van der Waals surface area contributed by atoms with Crippen LogP contribution in [0.3, 0.4) is 0 Å². The molecule has 1 aliphatic rings. The number of carbonyl (C=O) groups is 1. The summed E-state index contributed by atoms with van der Waals surface area (Å²) < 4.78 is 26.0. The summed E-state index contributed by atoms with van der Waals surface area (Å²) in [5.41, 5.74) is 5.22. The molecule has 0 unspecified atom stereocenters. The first-order chi connectivity index (χ1) is 8.84. The van der Waals surface area contributed by atoms with E-state index in [1.54, 1.807) is 0 Å². The summed E-state index contributed by atoms with van der Waals surface area (Å²) in [4.78, 5) is 11.3. The SMILES string of the molecule is NC(=O)[C@H]1CCCN1S(=O)(=O)c1ccc(Cl)c(Cl)c1. The molecule has 8 heteroatoms. The number of carbonyl (C=O) groups excluding carboxylic acids is 1. The summed E-state index contributed by atoms with van der Waals surface area (Å²) in [5.74, 6) is -0.638. The van der Waals surface area contributed by atoms with Gasteiger partial charge >= 0.3 is 0 Å². The summed E-state index contributed by atoms with van der Waals surface area (Å²) >= 11 is 11.6. The summed E-state index contributed by atoms with van der Waals surface area (Å²) in [6.07, 6.45) is 1.05. The molecule has 5 nitrogen and oxygen atoms in total. The van der Waals surface area contributed by atoms with Crippen LogP contribution in [0.25, 0.3) is 0 Å². The van der Waals surface area contributed by atoms with Gasteiger partial charge in [-0.25, -0.2) is 8.42 Å². The Morgan fingerprint density at radius 3 is 2.58 bits per heavy atom. The van der Waals surface area contributed by atoms with Gasteiger partial charge in [-0.05, 0) is 31.0 Å². The van der Waals surface area contributed by atoms with Gasteiger partial charge in [0.15, 0.2) is 0 Å². The van der Waals surface area contributed by atoms with Crippen molar-refractivity contribution in [2.45, 2.75) is 23.8 Å². The van der Waals surface area contributed by atoms with Crippen molar-refractivity contribution in [2.75, 3.05) is 6.54 Å². The van der Waals surface area contributed by atoms with Crippen LogP contribution in [0.5, 0.6) is 0 Å². The number of benzene rings is 1. The molecule has 1 aromatic carbocycles. The van der Waals surface area contributed by atoms with E-state index in [0.717, 1.165) is 4.31 Å². The number of rotatable bonds is 3. The van der Waals surface area contributed by atoms with Crippen LogP contribution in [0.1, 0.15) is 12.8 Å². The third-order valence-electron chi connectivity index (χ3n) is 3.03. The van der Waals surface area contributed by atoms with Crippen molar-refractivity contribution in [1.82, 2.24) is 4.31 Å². The maximum atomic E-state index is 12.4. The summed E-state index contributed by atoms with van der Waals surface area (Å²) in [5, 5.41) is 0.422. The summed E-state index contributed by atoms with van der Waals surface area (Å²) in [6, 6.07) is 3.25. The first-order valence-corrected chi connectivity index (χ1v) is 7.80. The van der Waals surface area contributed by atoms with E-state index in [-0.39, 0.29) is 21.5 Å². The monoisotopic (exact) mass is 322 g/mol. The maximum Gasteiger partial charge on any atom is 0.243 e. The van der Waals surface area contributed by atoms with E-state index in [1.807, 2.05) is 0 Å². The molecule has 2 N–H and O–H groups in total. The molecular weight excluding hydrogens is 311 g/mol. The minimum Gasteiger partial charge on any atom is -0.368 e. The van der Waals surface area contributed by atoms with Gasteiger partial charge in [0.25, 0.3) is 0 Å². The van der Waals surface area contributed by atoms with Crippen molar-refractivity contribution in [1.29, 1.82) is 0 Å². The number of primary amides is 1. The molecule has 0 aromatic heterocycles. The van der Waals surface area contributed by atoms with Crippen molar-refractivity contribution >= 4 is 39.1 Å². The lowest BCUT2D eigenvalue weighted by atomic mass is 10.2. The average molecular weight is 323 g/mol. The van der Waals surface area contributed by atoms with Gasteiger partial charge in [-0.15, -0.1) is 0 Å². The van der Waals surface area contributed by atoms with E-state index < -0.39 is 22.0 Å². The van der Waals surface area contributed by atoms with Crippen molar-refractivity contribution < 1.29 is 13.2 Å². The quantitative estimate of drug-likeness (QED) is 0.918. The van der Waals surface area contributed by atoms with Gasteiger partial charge in [-0.3, -0.25) is 4.79 Å². The standard InChI is InChI=1S/C11H12Cl2N2O3S/c12-8-4-3-7(6-9(8)13)19(17,18)15-5-1-2-10(15)11(14)16/h3-4,6,10H,1-2,5H2,(H2,14,16)/t10-/m1/s1. The van der Waals surface area contributed by atoms with Gasteiger partial charge < -0.3 is 5.73 Å². The fourth-order valence-electron chi connectivity index (χ4n) is 2.08. The second kappa shape index (κ2) is 5.28. The van der Waals surface area contributed by atoms with E-state index in [9.17, 15) is 13.2 Å². The Bertz CT molecular complexity index is 618. The predicted molar refractivity (Wildman–Crippen MR) is 72.6 cm³/mol. The van der Waals surface area contributed by atoms with Crippen molar-refractivity contribution in [3.05, 3.63) is 28.2 Å². The van der Waals surface area contributed by atoms with E-state index in [0.29, 0.717) is 12.8 Å². The van der Waals surface area contributed by atoms with Crippen molar-refractivity contribution in [2.24, 2.45) is 5.73 Å². The van der Waals surface area contributed by atoms with Crippen LogP contribution in [0.2, 0.25) is 10.0 Å². The van der Waals surface area contributed by atoms with E-state index in [1.165, 1.54) is 18.2 Å². The summed E-state index contributed by atoms with van der Waals surface area (Å²) in [7, 11) is -3.78. The minimum atomic E-state index is -3.78.